The zero-order valence-corrected chi connectivity index (χ0v) is 13.2. The number of rotatable bonds is 5. The second-order valence-corrected chi connectivity index (χ2v) is 6.01. The Kier molecular flexibility index (Phi) is 6.05. The van der Waals surface area contributed by atoms with Gasteiger partial charge in [-0.3, -0.25) is 4.99 Å². The van der Waals surface area contributed by atoms with Gasteiger partial charge >= 0.3 is 0 Å². The number of hydrogen-bond donors (Lipinski definition) is 2. The Labute approximate surface area is 125 Å². The molecule has 0 aromatic carbocycles. The fraction of sp³-hybridized carbons (Fsp3) is 0.600. The molecule has 1 aliphatic rings. The van der Waals surface area contributed by atoms with Gasteiger partial charge in [-0.2, -0.15) is 0 Å². The first-order valence-corrected chi connectivity index (χ1v) is 8.19. The van der Waals surface area contributed by atoms with Crippen molar-refractivity contribution in [1.29, 1.82) is 0 Å². The van der Waals surface area contributed by atoms with Gasteiger partial charge < -0.3 is 10.6 Å². The molecular weight excluding hydrogens is 268 g/mol. The van der Waals surface area contributed by atoms with Crippen LogP contribution in [0.25, 0.3) is 0 Å². The number of guanidine groups is 1. The minimum absolute atomic E-state index is 0.791. The molecule has 1 aromatic rings. The molecule has 2 rings (SSSR count). The van der Waals surface area contributed by atoms with Crippen LogP contribution in [-0.4, -0.2) is 24.5 Å². The Morgan fingerprint density at radius 3 is 2.95 bits per heavy atom. The molecule has 0 spiro atoms. The van der Waals surface area contributed by atoms with Crippen LogP contribution < -0.4 is 10.6 Å². The molecule has 2 N–H and O–H groups in total. The fourth-order valence-corrected chi connectivity index (χ4v) is 3.07. The number of allylic oxidation sites excluding steroid dienone is 1. The molecule has 0 radical (unpaired) electrons. The van der Waals surface area contributed by atoms with Crippen molar-refractivity contribution in [1.82, 2.24) is 15.6 Å². The van der Waals surface area contributed by atoms with Gasteiger partial charge in [0.15, 0.2) is 5.96 Å². The lowest BCUT2D eigenvalue weighted by Crippen LogP contribution is -2.37. The predicted molar refractivity (Wildman–Crippen MR) is 86.2 cm³/mol. The summed E-state index contributed by atoms with van der Waals surface area (Å²) in [6, 6.07) is 0. The minimum Gasteiger partial charge on any atom is -0.356 e. The quantitative estimate of drug-likeness (QED) is 0.498. The average Bonchev–Trinajstić information content (AvgIpc) is 2.89. The van der Waals surface area contributed by atoms with Gasteiger partial charge in [0.05, 0.1) is 17.7 Å². The van der Waals surface area contributed by atoms with E-state index in [0.29, 0.717) is 0 Å². The highest BCUT2D eigenvalue weighted by molar-refractivity contribution is 7.09. The highest BCUT2D eigenvalue weighted by Crippen LogP contribution is 2.19. The molecule has 0 unspecified atom stereocenters. The van der Waals surface area contributed by atoms with E-state index in [1.807, 2.05) is 19.5 Å². The van der Waals surface area contributed by atoms with E-state index in [1.165, 1.54) is 30.6 Å². The van der Waals surface area contributed by atoms with Crippen molar-refractivity contribution in [3.05, 3.63) is 27.7 Å². The molecule has 0 aliphatic heterocycles. The standard InChI is InChI=1S/C15H24N4S/c1-12-14(20-11-19-12)10-18-15(16-2)17-9-8-13-6-4-3-5-7-13/h6,11H,3-5,7-10H2,1-2H3,(H2,16,17,18). The van der Waals surface area contributed by atoms with Crippen molar-refractivity contribution in [2.24, 2.45) is 4.99 Å². The van der Waals surface area contributed by atoms with E-state index < -0.39 is 0 Å². The van der Waals surface area contributed by atoms with E-state index in [1.54, 1.807) is 16.9 Å². The molecule has 0 amide bonds. The van der Waals surface area contributed by atoms with Crippen molar-refractivity contribution in [2.75, 3.05) is 13.6 Å². The summed E-state index contributed by atoms with van der Waals surface area (Å²) in [5, 5.41) is 6.72. The first kappa shape index (κ1) is 15.0. The Hall–Kier alpha value is -1.36. The molecule has 1 aromatic heterocycles. The molecule has 1 heterocycles. The Bertz CT molecular complexity index is 476. The number of nitrogens with zero attached hydrogens (tertiary/aromatic N) is 2. The summed E-state index contributed by atoms with van der Waals surface area (Å²) in [7, 11) is 1.81. The number of aromatic nitrogens is 1. The van der Waals surface area contributed by atoms with Crippen LogP contribution in [0.1, 0.15) is 42.7 Å². The normalized spacial score (nSPS) is 15.9. The Balaban J connectivity index is 1.70. The molecule has 0 saturated carbocycles. The van der Waals surface area contributed by atoms with E-state index in [0.717, 1.165) is 31.2 Å². The molecule has 1 aliphatic carbocycles. The molecule has 0 bridgehead atoms. The maximum absolute atomic E-state index is 4.26. The van der Waals surface area contributed by atoms with Crippen molar-refractivity contribution in [2.45, 2.75) is 45.6 Å². The summed E-state index contributed by atoms with van der Waals surface area (Å²) in [5.41, 5.74) is 4.58. The van der Waals surface area contributed by atoms with E-state index in [4.69, 9.17) is 0 Å². The lowest BCUT2D eigenvalue weighted by molar-refractivity contribution is 0.665. The summed E-state index contributed by atoms with van der Waals surface area (Å²) in [6.45, 7) is 3.78. The van der Waals surface area contributed by atoms with Crippen LogP contribution in [0.5, 0.6) is 0 Å². The average molecular weight is 292 g/mol. The number of nitrogens with one attached hydrogen (secondary N) is 2. The van der Waals surface area contributed by atoms with E-state index in [2.05, 4.69) is 26.7 Å². The zero-order chi connectivity index (χ0) is 14.2. The number of aliphatic imine (C=N–C) groups is 1. The summed E-state index contributed by atoms with van der Waals surface area (Å²) < 4.78 is 0. The summed E-state index contributed by atoms with van der Waals surface area (Å²) >= 11 is 1.68. The third-order valence-corrected chi connectivity index (χ3v) is 4.54. The molecule has 20 heavy (non-hydrogen) atoms. The summed E-state index contributed by atoms with van der Waals surface area (Å²) in [6.07, 6.45) is 8.76. The van der Waals surface area contributed by atoms with Gasteiger partial charge in [-0.05, 0) is 39.0 Å². The van der Waals surface area contributed by atoms with Gasteiger partial charge in [0.1, 0.15) is 0 Å². The summed E-state index contributed by atoms with van der Waals surface area (Å²) in [4.78, 5) is 9.78. The van der Waals surface area contributed by atoms with E-state index in [-0.39, 0.29) is 0 Å². The highest BCUT2D eigenvalue weighted by Gasteiger charge is 2.05. The minimum atomic E-state index is 0.791. The van der Waals surface area contributed by atoms with Crippen LogP contribution >= 0.6 is 11.3 Å². The van der Waals surface area contributed by atoms with Gasteiger partial charge in [-0.25, -0.2) is 4.98 Å². The molecule has 0 atom stereocenters. The molecule has 0 fully saturated rings. The van der Waals surface area contributed by atoms with Gasteiger partial charge in [0.2, 0.25) is 0 Å². The number of thiazole rings is 1. The molecule has 0 saturated heterocycles. The monoisotopic (exact) mass is 292 g/mol. The summed E-state index contributed by atoms with van der Waals surface area (Å²) in [5.74, 6) is 0.870. The van der Waals surface area contributed by atoms with Crippen molar-refractivity contribution in [3.63, 3.8) is 0 Å². The SMILES string of the molecule is CN=C(NCCC1=CCCCC1)NCc1scnc1C. The lowest BCUT2D eigenvalue weighted by Gasteiger charge is -2.15. The van der Waals surface area contributed by atoms with Crippen molar-refractivity contribution >= 4 is 17.3 Å². The maximum Gasteiger partial charge on any atom is 0.191 e. The van der Waals surface area contributed by atoms with Crippen LogP contribution in [0.2, 0.25) is 0 Å². The van der Waals surface area contributed by atoms with Crippen LogP contribution in [0.15, 0.2) is 22.2 Å². The number of hydrogen-bond acceptors (Lipinski definition) is 3. The van der Waals surface area contributed by atoms with Gasteiger partial charge in [-0.1, -0.05) is 11.6 Å². The Morgan fingerprint density at radius 1 is 1.40 bits per heavy atom. The third-order valence-electron chi connectivity index (χ3n) is 3.61. The molecule has 4 nitrogen and oxygen atoms in total. The molecule has 5 heteroatoms. The fourth-order valence-electron chi connectivity index (χ4n) is 2.35. The van der Waals surface area contributed by atoms with E-state index >= 15 is 0 Å². The second-order valence-electron chi connectivity index (χ2n) is 5.07. The van der Waals surface area contributed by atoms with Crippen LogP contribution in [0.4, 0.5) is 0 Å². The molecular formula is C15H24N4S. The van der Waals surface area contributed by atoms with Crippen LogP contribution in [0.3, 0.4) is 0 Å². The maximum atomic E-state index is 4.26. The molecule has 110 valence electrons. The zero-order valence-electron chi connectivity index (χ0n) is 12.4. The third kappa shape index (κ3) is 4.63. The van der Waals surface area contributed by atoms with Gasteiger partial charge in [0.25, 0.3) is 0 Å². The Morgan fingerprint density at radius 2 is 2.30 bits per heavy atom. The predicted octanol–water partition coefficient (Wildman–Crippen LogP) is 3.01. The lowest BCUT2D eigenvalue weighted by atomic mass is 9.97. The first-order valence-electron chi connectivity index (χ1n) is 7.31. The van der Waals surface area contributed by atoms with Crippen molar-refractivity contribution < 1.29 is 0 Å². The second kappa shape index (κ2) is 8.04. The number of aryl methyl sites for hydroxylation is 1. The van der Waals surface area contributed by atoms with Crippen LogP contribution in [-0.2, 0) is 6.54 Å². The van der Waals surface area contributed by atoms with Crippen molar-refractivity contribution in [3.8, 4) is 0 Å². The smallest absolute Gasteiger partial charge is 0.191 e. The van der Waals surface area contributed by atoms with Gasteiger partial charge in [-0.15, -0.1) is 11.3 Å². The highest BCUT2D eigenvalue weighted by atomic mass is 32.1. The van der Waals surface area contributed by atoms with Gasteiger partial charge in [0, 0.05) is 18.5 Å². The van der Waals surface area contributed by atoms with Crippen LogP contribution in [0, 0.1) is 6.92 Å². The largest absolute Gasteiger partial charge is 0.356 e. The van der Waals surface area contributed by atoms with E-state index in [9.17, 15) is 0 Å². The first-order chi connectivity index (χ1) is 9.79. The topological polar surface area (TPSA) is 49.3 Å².